The minimum absolute atomic E-state index is 0.191. The molecule has 1 fully saturated rings. The molecule has 1 saturated carbocycles. The summed E-state index contributed by atoms with van der Waals surface area (Å²) in [5.41, 5.74) is 0.167. The Balaban J connectivity index is 1.94. The highest BCUT2D eigenvalue weighted by Gasteiger charge is 2.24. The van der Waals surface area contributed by atoms with Gasteiger partial charge in [0.15, 0.2) is 0 Å². The zero-order valence-electron chi connectivity index (χ0n) is 11.4. The first-order valence-electron chi connectivity index (χ1n) is 6.94. The second kappa shape index (κ2) is 5.11. The molecule has 0 aromatic carbocycles. The van der Waals surface area contributed by atoms with Crippen molar-refractivity contribution in [1.82, 2.24) is 15.3 Å². The number of aromatic nitrogens is 2. The third-order valence-corrected chi connectivity index (χ3v) is 3.84. The maximum absolute atomic E-state index is 12.4. The minimum Gasteiger partial charge on any atom is -0.442 e. The van der Waals surface area contributed by atoms with E-state index in [1.807, 2.05) is 0 Å². The fourth-order valence-corrected chi connectivity index (χ4v) is 2.83. The van der Waals surface area contributed by atoms with Crippen LogP contribution < -0.4 is 10.9 Å². The van der Waals surface area contributed by atoms with Crippen molar-refractivity contribution in [3.63, 3.8) is 0 Å². The van der Waals surface area contributed by atoms with E-state index in [2.05, 4.69) is 15.3 Å². The van der Waals surface area contributed by atoms with Gasteiger partial charge in [-0.15, -0.1) is 0 Å². The molecule has 2 N–H and O–H groups in total. The van der Waals surface area contributed by atoms with E-state index in [1.54, 1.807) is 6.92 Å². The molecule has 6 heteroatoms. The number of carbonyl (C=O) groups excluding carboxylic acids is 1. The van der Waals surface area contributed by atoms with Crippen LogP contribution in [0.25, 0.3) is 11.1 Å². The number of furan rings is 1. The Hall–Kier alpha value is -2.11. The zero-order chi connectivity index (χ0) is 14.1. The van der Waals surface area contributed by atoms with Crippen molar-refractivity contribution < 1.29 is 9.21 Å². The first-order chi connectivity index (χ1) is 9.66. The predicted octanol–water partition coefficient (Wildman–Crippen LogP) is 1.89. The maximum atomic E-state index is 12.4. The summed E-state index contributed by atoms with van der Waals surface area (Å²) in [6.07, 6.45) is 6.76. The van der Waals surface area contributed by atoms with E-state index < -0.39 is 0 Å². The lowest BCUT2D eigenvalue weighted by Gasteiger charge is -2.22. The molecule has 2 heterocycles. The molecule has 1 aliphatic carbocycles. The first-order valence-corrected chi connectivity index (χ1v) is 6.94. The summed E-state index contributed by atoms with van der Waals surface area (Å²) in [6.45, 7) is 1.68. The lowest BCUT2D eigenvalue weighted by molar-refractivity contribution is 0.0927. The highest BCUT2D eigenvalue weighted by Crippen LogP contribution is 2.22. The molecular weight excluding hydrogens is 258 g/mol. The molecular formula is C14H17N3O3. The SMILES string of the molecule is Cc1oc2nc[nH]c(=O)c2c1C(=O)NC1CCCCC1. The van der Waals surface area contributed by atoms with Gasteiger partial charge in [0.05, 0.1) is 11.9 Å². The Morgan fingerprint density at radius 2 is 2.15 bits per heavy atom. The van der Waals surface area contributed by atoms with Crippen molar-refractivity contribution in [1.29, 1.82) is 0 Å². The monoisotopic (exact) mass is 275 g/mol. The summed E-state index contributed by atoms with van der Waals surface area (Å²) in [7, 11) is 0. The average Bonchev–Trinajstić information content (AvgIpc) is 2.77. The molecule has 106 valence electrons. The molecule has 0 atom stereocenters. The lowest BCUT2D eigenvalue weighted by Crippen LogP contribution is -2.36. The molecule has 0 spiro atoms. The van der Waals surface area contributed by atoms with Crippen LogP contribution in [0.1, 0.15) is 48.2 Å². The van der Waals surface area contributed by atoms with Crippen molar-refractivity contribution in [3.8, 4) is 0 Å². The predicted molar refractivity (Wildman–Crippen MR) is 73.7 cm³/mol. The minimum atomic E-state index is -0.347. The molecule has 6 nitrogen and oxygen atoms in total. The van der Waals surface area contributed by atoms with Crippen molar-refractivity contribution in [2.45, 2.75) is 45.1 Å². The Labute approximate surface area is 115 Å². The number of hydrogen-bond acceptors (Lipinski definition) is 4. The van der Waals surface area contributed by atoms with Gasteiger partial charge in [-0.1, -0.05) is 19.3 Å². The van der Waals surface area contributed by atoms with Gasteiger partial charge in [0.25, 0.3) is 11.5 Å². The number of hydrogen-bond donors (Lipinski definition) is 2. The lowest BCUT2D eigenvalue weighted by atomic mass is 9.95. The summed E-state index contributed by atoms with van der Waals surface area (Å²) in [5.74, 6) is 0.184. The van der Waals surface area contributed by atoms with Gasteiger partial charge >= 0.3 is 0 Å². The molecule has 0 aliphatic heterocycles. The summed E-state index contributed by atoms with van der Waals surface area (Å²) in [5, 5.41) is 3.24. The van der Waals surface area contributed by atoms with Gasteiger partial charge in [-0.2, -0.15) is 0 Å². The van der Waals surface area contributed by atoms with E-state index in [0.717, 1.165) is 25.7 Å². The molecule has 2 aromatic heterocycles. The summed E-state index contributed by atoms with van der Waals surface area (Å²) >= 11 is 0. The Morgan fingerprint density at radius 1 is 1.40 bits per heavy atom. The van der Waals surface area contributed by atoms with Gasteiger partial charge in [0.1, 0.15) is 11.1 Å². The third-order valence-electron chi connectivity index (χ3n) is 3.84. The van der Waals surface area contributed by atoms with Crippen LogP contribution in [0.5, 0.6) is 0 Å². The zero-order valence-corrected chi connectivity index (χ0v) is 11.4. The van der Waals surface area contributed by atoms with Gasteiger partial charge in [-0.05, 0) is 19.8 Å². The second-order valence-corrected chi connectivity index (χ2v) is 5.25. The van der Waals surface area contributed by atoms with Gasteiger partial charge in [0.2, 0.25) is 5.71 Å². The number of rotatable bonds is 2. The van der Waals surface area contributed by atoms with Gasteiger partial charge in [0, 0.05) is 6.04 Å². The summed E-state index contributed by atoms with van der Waals surface area (Å²) < 4.78 is 5.40. The highest BCUT2D eigenvalue weighted by molar-refractivity contribution is 6.06. The van der Waals surface area contributed by atoms with Crippen LogP contribution >= 0.6 is 0 Å². The van der Waals surface area contributed by atoms with E-state index in [-0.39, 0.29) is 28.6 Å². The third kappa shape index (κ3) is 2.21. The van der Waals surface area contributed by atoms with Crippen LogP contribution in [0.4, 0.5) is 0 Å². The first kappa shape index (κ1) is 12.9. The number of nitrogens with zero attached hydrogens (tertiary/aromatic N) is 1. The Morgan fingerprint density at radius 3 is 2.90 bits per heavy atom. The van der Waals surface area contributed by atoms with Crippen LogP contribution in [0, 0.1) is 6.92 Å². The Kier molecular flexibility index (Phi) is 3.30. The molecule has 1 amide bonds. The van der Waals surface area contributed by atoms with Gasteiger partial charge in [-0.25, -0.2) is 4.98 Å². The van der Waals surface area contributed by atoms with Crippen LogP contribution in [0.15, 0.2) is 15.5 Å². The molecule has 0 radical (unpaired) electrons. The number of H-pyrrole nitrogens is 1. The number of carbonyl (C=O) groups is 1. The summed E-state index contributed by atoms with van der Waals surface area (Å²) in [4.78, 5) is 30.7. The largest absolute Gasteiger partial charge is 0.442 e. The fourth-order valence-electron chi connectivity index (χ4n) is 2.83. The number of nitrogens with one attached hydrogen (secondary N) is 2. The highest BCUT2D eigenvalue weighted by atomic mass is 16.3. The fraction of sp³-hybridized carbons (Fsp3) is 0.500. The molecule has 3 rings (SSSR count). The van der Waals surface area contributed by atoms with Crippen molar-refractivity contribution in [2.24, 2.45) is 0 Å². The van der Waals surface area contributed by atoms with Crippen LogP contribution in [-0.2, 0) is 0 Å². The molecule has 20 heavy (non-hydrogen) atoms. The second-order valence-electron chi connectivity index (χ2n) is 5.25. The number of amides is 1. The van der Waals surface area contributed by atoms with E-state index in [4.69, 9.17) is 4.42 Å². The van der Waals surface area contributed by atoms with Crippen LogP contribution in [0.3, 0.4) is 0 Å². The molecule has 1 aliphatic rings. The number of fused-ring (bicyclic) bond motifs is 1. The molecule has 0 bridgehead atoms. The van der Waals surface area contributed by atoms with E-state index in [0.29, 0.717) is 11.3 Å². The topological polar surface area (TPSA) is 88.0 Å². The number of aromatic amines is 1. The van der Waals surface area contributed by atoms with Gasteiger partial charge < -0.3 is 14.7 Å². The summed E-state index contributed by atoms with van der Waals surface area (Å²) in [6, 6.07) is 0.191. The average molecular weight is 275 g/mol. The molecule has 2 aromatic rings. The van der Waals surface area contributed by atoms with Crippen molar-refractivity contribution >= 4 is 17.0 Å². The molecule has 0 saturated heterocycles. The maximum Gasteiger partial charge on any atom is 0.262 e. The smallest absolute Gasteiger partial charge is 0.262 e. The van der Waals surface area contributed by atoms with Crippen molar-refractivity contribution in [2.75, 3.05) is 0 Å². The van der Waals surface area contributed by atoms with E-state index in [9.17, 15) is 9.59 Å². The van der Waals surface area contributed by atoms with E-state index in [1.165, 1.54) is 12.7 Å². The Bertz CT molecular complexity index is 695. The van der Waals surface area contributed by atoms with Crippen LogP contribution in [0.2, 0.25) is 0 Å². The van der Waals surface area contributed by atoms with Crippen molar-refractivity contribution in [3.05, 3.63) is 28.0 Å². The standard InChI is InChI=1S/C14H17N3O3/c1-8-10(11-12(18)15-7-16-14(11)20-8)13(19)17-9-5-3-2-4-6-9/h7,9H,2-6H2,1H3,(H,17,19)(H,15,16,18). The van der Waals surface area contributed by atoms with Gasteiger partial charge in [-0.3, -0.25) is 9.59 Å². The molecule has 0 unspecified atom stereocenters. The normalized spacial score (nSPS) is 16.4. The quantitative estimate of drug-likeness (QED) is 0.876. The van der Waals surface area contributed by atoms with E-state index >= 15 is 0 Å². The number of aryl methyl sites for hydroxylation is 1. The van der Waals surface area contributed by atoms with Crippen LogP contribution in [-0.4, -0.2) is 21.9 Å².